The molecule has 2 N–H and O–H groups in total. The molecule has 1 rings (SSSR count). The number of anilines is 1. The first-order valence-electron chi connectivity index (χ1n) is 7.07. The third-order valence-corrected chi connectivity index (χ3v) is 2.83. The fourth-order valence-electron chi connectivity index (χ4n) is 1.77. The summed E-state index contributed by atoms with van der Waals surface area (Å²) in [6.07, 6.45) is 2.21. The molecule has 22 heavy (non-hydrogen) atoms. The molecule has 1 aromatic rings. The number of ether oxygens (including phenoxy) is 2. The number of esters is 1. The molecule has 6 heteroatoms. The number of phenols is 1. The fourth-order valence-corrected chi connectivity index (χ4v) is 1.77. The number of carbonyl (C=O) groups excluding carboxylic acids is 2. The van der Waals surface area contributed by atoms with E-state index in [1.807, 2.05) is 6.92 Å². The molecule has 0 saturated heterocycles. The van der Waals surface area contributed by atoms with Gasteiger partial charge in [-0.3, -0.25) is 4.79 Å². The van der Waals surface area contributed by atoms with Crippen LogP contribution < -0.4 is 10.1 Å². The van der Waals surface area contributed by atoms with Crippen LogP contribution in [-0.2, 0) is 14.3 Å². The van der Waals surface area contributed by atoms with E-state index in [1.54, 1.807) is 13.0 Å². The number of Topliss-reactive ketones (excluding diaryl/α,β-unsaturated/α-hetero) is 1. The van der Waals surface area contributed by atoms with Crippen molar-refractivity contribution in [1.82, 2.24) is 0 Å². The lowest BCUT2D eigenvalue weighted by atomic mass is 10.1. The number of benzene rings is 1. The topological polar surface area (TPSA) is 84.9 Å². The quantitative estimate of drug-likeness (QED) is 0.252. The first-order chi connectivity index (χ1) is 10.5. The minimum Gasteiger partial charge on any atom is -0.508 e. The molecule has 0 aliphatic heterocycles. The van der Waals surface area contributed by atoms with Crippen molar-refractivity contribution in [3.05, 3.63) is 30.0 Å². The molecule has 0 saturated carbocycles. The van der Waals surface area contributed by atoms with Gasteiger partial charge in [0.2, 0.25) is 0 Å². The van der Waals surface area contributed by atoms with Gasteiger partial charge in [0.05, 0.1) is 19.4 Å². The van der Waals surface area contributed by atoms with Crippen LogP contribution in [0.4, 0.5) is 5.69 Å². The second-order valence-electron chi connectivity index (χ2n) is 4.48. The first-order valence-corrected chi connectivity index (χ1v) is 7.07. The van der Waals surface area contributed by atoms with Gasteiger partial charge in [0.1, 0.15) is 17.1 Å². The molecule has 0 radical (unpaired) electrons. The summed E-state index contributed by atoms with van der Waals surface area (Å²) in [5, 5.41) is 12.3. The van der Waals surface area contributed by atoms with Crippen LogP contribution in [-0.4, -0.2) is 30.6 Å². The van der Waals surface area contributed by atoms with Crippen LogP contribution in [0.3, 0.4) is 0 Å². The predicted molar refractivity (Wildman–Crippen MR) is 82.9 cm³/mol. The molecular weight excluding hydrogens is 286 g/mol. The summed E-state index contributed by atoms with van der Waals surface area (Å²) < 4.78 is 10.0. The van der Waals surface area contributed by atoms with Crippen LogP contribution in [0.2, 0.25) is 0 Å². The monoisotopic (exact) mass is 307 g/mol. The van der Waals surface area contributed by atoms with E-state index >= 15 is 0 Å². The lowest BCUT2D eigenvalue weighted by molar-refractivity contribution is -0.140. The highest BCUT2D eigenvalue weighted by atomic mass is 16.5. The normalized spacial score (nSPS) is 11.0. The van der Waals surface area contributed by atoms with Crippen LogP contribution in [0.15, 0.2) is 30.0 Å². The average Bonchev–Trinajstić information content (AvgIpc) is 2.49. The summed E-state index contributed by atoms with van der Waals surface area (Å²) in [5.41, 5.74) is 0.477. The number of rotatable bonds is 8. The van der Waals surface area contributed by atoms with Gasteiger partial charge in [-0.15, -0.1) is 0 Å². The van der Waals surface area contributed by atoms with Crippen LogP contribution in [0.25, 0.3) is 0 Å². The highest BCUT2D eigenvalue weighted by Gasteiger charge is 2.18. The second-order valence-corrected chi connectivity index (χ2v) is 4.48. The van der Waals surface area contributed by atoms with Crippen molar-refractivity contribution in [2.75, 3.05) is 19.0 Å². The molecule has 6 nitrogen and oxygen atoms in total. The van der Waals surface area contributed by atoms with Crippen molar-refractivity contribution in [2.45, 2.75) is 26.7 Å². The van der Waals surface area contributed by atoms with E-state index in [2.05, 4.69) is 5.32 Å². The number of hydrogen-bond donors (Lipinski definition) is 2. The molecular formula is C16H21NO5. The molecule has 0 amide bonds. The van der Waals surface area contributed by atoms with E-state index in [0.717, 1.165) is 0 Å². The SMILES string of the molecule is CCCC(=O)C(=CNc1ccc(O)cc1OC)C(=O)OCC. The molecule has 1 aromatic carbocycles. The Labute approximate surface area is 129 Å². The summed E-state index contributed by atoms with van der Waals surface area (Å²) in [6, 6.07) is 4.47. The average molecular weight is 307 g/mol. The maximum Gasteiger partial charge on any atom is 0.343 e. The molecule has 0 aliphatic carbocycles. The van der Waals surface area contributed by atoms with Crippen molar-refractivity contribution in [3.63, 3.8) is 0 Å². The van der Waals surface area contributed by atoms with E-state index in [1.165, 1.54) is 25.4 Å². The van der Waals surface area contributed by atoms with Crippen molar-refractivity contribution in [3.8, 4) is 11.5 Å². The van der Waals surface area contributed by atoms with E-state index in [0.29, 0.717) is 17.9 Å². The smallest absolute Gasteiger partial charge is 0.343 e. The number of ketones is 1. The Balaban J connectivity index is 3.02. The summed E-state index contributed by atoms with van der Waals surface area (Å²) in [4.78, 5) is 23.9. The van der Waals surface area contributed by atoms with Gasteiger partial charge >= 0.3 is 5.97 Å². The largest absolute Gasteiger partial charge is 0.508 e. The van der Waals surface area contributed by atoms with Crippen LogP contribution >= 0.6 is 0 Å². The Hall–Kier alpha value is -2.50. The van der Waals surface area contributed by atoms with Crippen molar-refractivity contribution in [1.29, 1.82) is 0 Å². The maximum absolute atomic E-state index is 12.0. The first kappa shape index (κ1) is 17.6. The highest BCUT2D eigenvalue weighted by Crippen LogP contribution is 2.28. The number of nitrogens with one attached hydrogen (secondary N) is 1. The van der Waals surface area contributed by atoms with E-state index < -0.39 is 5.97 Å². The van der Waals surface area contributed by atoms with Gasteiger partial charge in [0, 0.05) is 18.7 Å². The van der Waals surface area contributed by atoms with Gasteiger partial charge in [-0.1, -0.05) is 6.92 Å². The number of aromatic hydroxyl groups is 1. The van der Waals surface area contributed by atoms with Crippen LogP contribution in [0, 0.1) is 0 Å². The number of carbonyl (C=O) groups is 2. The van der Waals surface area contributed by atoms with Crippen LogP contribution in [0.5, 0.6) is 11.5 Å². The van der Waals surface area contributed by atoms with Gasteiger partial charge in [-0.25, -0.2) is 4.79 Å². The Morgan fingerprint density at radius 3 is 2.64 bits per heavy atom. The second kappa shape index (κ2) is 8.71. The third-order valence-electron chi connectivity index (χ3n) is 2.83. The zero-order chi connectivity index (χ0) is 16.5. The molecule has 0 spiro atoms. The maximum atomic E-state index is 12.0. The summed E-state index contributed by atoms with van der Waals surface area (Å²) in [6.45, 7) is 3.73. The molecule has 0 atom stereocenters. The zero-order valence-electron chi connectivity index (χ0n) is 13.0. The van der Waals surface area contributed by atoms with E-state index in [9.17, 15) is 14.7 Å². The van der Waals surface area contributed by atoms with Gasteiger partial charge in [-0.05, 0) is 25.5 Å². The molecule has 120 valence electrons. The molecule has 0 heterocycles. The molecule has 0 fully saturated rings. The standard InChI is InChI=1S/C16H21NO5/c1-4-6-14(19)12(16(20)22-5-2)10-17-13-8-7-11(18)9-15(13)21-3/h7-10,17-18H,4-6H2,1-3H3. The van der Waals surface area contributed by atoms with Crippen LogP contribution in [0.1, 0.15) is 26.7 Å². The molecule has 0 bridgehead atoms. The minimum atomic E-state index is -0.661. The fraction of sp³-hybridized carbons (Fsp3) is 0.375. The Kier molecular flexibility index (Phi) is 6.95. The van der Waals surface area contributed by atoms with Gasteiger partial charge in [-0.2, -0.15) is 0 Å². The molecule has 0 aliphatic rings. The molecule has 0 unspecified atom stereocenters. The Morgan fingerprint density at radius 1 is 1.32 bits per heavy atom. The Morgan fingerprint density at radius 2 is 2.05 bits per heavy atom. The van der Waals surface area contributed by atoms with Gasteiger partial charge < -0.3 is 19.9 Å². The van der Waals surface area contributed by atoms with Gasteiger partial charge in [0.15, 0.2) is 5.78 Å². The minimum absolute atomic E-state index is 0.0428. The summed E-state index contributed by atoms with van der Waals surface area (Å²) in [5.74, 6) is -0.501. The summed E-state index contributed by atoms with van der Waals surface area (Å²) in [7, 11) is 1.46. The van der Waals surface area contributed by atoms with Gasteiger partial charge in [0.25, 0.3) is 0 Å². The Bertz CT molecular complexity index is 546. The number of phenolic OH excluding ortho intramolecular Hbond substituents is 1. The van der Waals surface area contributed by atoms with E-state index in [-0.39, 0.29) is 30.1 Å². The third kappa shape index (κ3) is 4.80. The zero-order valence-corrected chi connectivity index (χ0v) is 13.0. The van der Waals surface area contributed by atoms with E-state index in [4.69, 9.17) is 9.47 Å². The van der Waals surface area contributed by atoms with Crippen molar-refractivity contribution < 1.29 is 24.2 Å². The lowest BCUT2D eigenvalue weighted by Gasteiger charge is -2.10. The van der Waals surface area contributed by atoms with Crippen molar-refractivity contribution in [2.24, 2.45) is 0 Å². The molecule has 0 aromatic heterocycles. The van der Waals surface area contributed by atoms with Crippen molar-refractivity contribution >= 4 is 17.4 Å². The number of methoxy groups -OCH3 is 1. The highest BCUT2D eigenvalue weighted by molar-refractivity contribution is 6.17. The number of hydrogen-bond acceptors (Lipinski definition) is 6. The predicted octanol–water partition coefficient (Wildman–Crippen LogP) is 2.63. The summed E-state index contributed by atoms with van der Waals surface area (Å²) >= 11 is 0. The lowest BCUT2D eigenvalue weighted by Crippen LogP contribution is -2.17.